The molecule has 0 bridgehead atoms. The van der Waals surface area contributed by atoms with Gasteiger partial charge in [-0.1, -0.05) is 12.1 Å². The van der Waals surface area contributed by atoms with Crippen LogP contribution < -0.4 is 10.5 Å². The quantitative estimate of drug-likeness (QED) is 0.899. The molecule has 0 aliphatic carbocycles. The van der Waals surface area contributed by atoms with Gasteiger partial charge in [-0.15, -0.1) is 0 Å². The second kappa shape index (κ2) is 6.29. The Morgan fingerprint density at radius 2 is 2.16 bits per heavy atom. The van der Waals surface area contributed by atoms with Gasteiger partial charge in [0.2, 0.25) is 0 Å². The number of halogens is 1. The molecule has 0 atom stereocenters. The van der Waals surface area contributed by atoms with Crippen LogP contribution in [0.5, 0.6) is 5.75 Å². The minimum atomic E-state index is -0.362. The first-order valence-electron chi connectivity index (χ1n) is 6.22. The van der Waals surface area contributed by atoms with E-state index in [1.165, 1.54) is 6.07 Å². The molecule has 0 radical (unpaired) electrons. The number of pyridine rings is 1. The third kappa shape index (κ3) is 3.51. The third-order valence-electron chi connectivity index (χ3n) is 2.91. The summed E-state index contributed by atoms with van der Waals surface area (Å²) in [4.78, 5) is 4.21. The largest absolute Gasteiger partial charge is 0.484 e. The van der Waals surface area contributed by atoms with Crippen molar-refractivity contribution in [1.29, 1.82) is 0 Å². The Morgan fingerprint density at radius 3 is 2.84 bits per heavy atom. The molecule has 1 heterocycles. The number of nitrogens with zero attached hydrogens (tertiary/aromatic N) is 1. The van der Waals surface area contributed by atoms with E-state index in [0.29, 0.717) is 13.0 Å². The number of ether oxygens (including phenoxy) is 1. The average Bonchev–Trinajstić information content (AvgIpc) is 2.40. The van der Waals surface area contributed by atoms with Crippen molar-refractivity contribution in [2.75, 3.05) is 6.54 Å². The Labute approximate surface area is 112 Å². The van der Waals surface area contributed by atoms with Crippen LogP contribution in [-0.2, 0) is 13.0 Å². The second-order valence-electron chi connectivity index (χ2n) is 4.36. The number of hydrogen-bond donors (Lipinski definition) is 1. The number of aromatic nitrogens is 1. The molecule has 100 valence electrons. The smallest absolute Gasteiger partial charge is 0.165 e. The predicted octanol–water partition coefficient (Wildman–Crippen LogP) is 2.61. The lowest BCUT2D eigenvalue weighted by molar-refractivity contribution is 0.285. The lowest BCUT2D eigenvalue weighted by atomic mass is 10.1. The van der Waals surface area contributed by atoms with Gasteiger partial charge in [-0.25, -0.2) is 4.39 Å². The van der Waals surface area contributed by atoms with Crippen molar-refractivity contribution in [3.63, 3.8) is 0 Å². The summed E-state index contributed by atoms with van der Waals surface area (Å²) >= 11 is 0. The van der Waals surface area contributed by atoms with Gasteiger partial charge in [0.05, 0.1) is 5.69 Å². The molecule has 19 heavy (non-hydrogen) atoms. The summed E-state index contributed by atoms with van der Waals surface area (Å²) in [6.07, 6.45) is 2.36. The molecule has 2 rings (SSSR count). The van der Waals surface area contributed by atoms with E-state index in [2.05, 4.69) is 4.98 Å². The summed E-state index contributed by atoms with van der Waals surface area (Å²) in [5.41, 5.74) is 8.16. The zero-order chi connectivity index (χ0) is 13.7. The maximum atomic E-state index is 13.8. The van der Waals surface area contributed by atoms with Crippen molar-refractivity contribution in [1.82, 2.24) is 4.98 Å². The van der Waals surface area contributed by atoms with Crippen molar-refractivity contribution in [2.24, 2.45) is 5.73 Å². The first-order chi connectivity index (χ1) is 9.20. The van der Waals surface area contributed by atoms with E-state index in [1.807, 2.05) is 25.1 Å². The molecule has 0 unspecified atom stereocenters. The molecule has 4 heteroatoms. The van der Waals surface area contributed by atoms with E-state index in [0.717, 1.165) is 16.8 Å². The van der Waals surface area contributed by atoms with Gasteiger partial charge in [0.1, 0.15) is 6.61 Å². The Balaban J connectivity index is 2.06. The van der Waals surface area contributed by atoms with Crippen LogP contribution in [0.1, 0.15) is 16.8 Å². The summed E-state index contributed by atoms with van der Waals surface area (Å²) in [6, 6.07) is 8.75. The number of nitrogens with two attached hydrogens (primary N) is 1. The van der Waals surface area contributed by atoms with E-state index in [1.54, 1.807) is 12.3 Å². The Kier molecular flexibility index (Phi) is 4.47. The third-order valence-corrected chi connectivity index (χ3v) is 2.91. The number of benzene rings is 1. The zero-order valence-electron chi connectivity index (χ0n) is 10.9. The summed E-state index contributed by atoms with van der Waals surface area (Å²) < 4.78 is 19.3. The summed E-state index contributed by atoms with van der Waals surface area (Å²) in [5, 5.41) is 0. The van der Waals surface area contributed by atoms with Crippen molar-refractivity contribution >= 4 is 0 Å². The van der Waals surface area contributed by atoms with E-state index in [9.17, 15) is 4.39 Å². The van der Waals surface area contributed by atoms with Crippen LogP contribution in [0.2, 0.25) is 0 Å². The van der Waals surface area contributed by atoms with Crippen LogP contribution in [0.15, 0.2) is 36.5 Å². The van der Waals surface area contributed by atoms with E-state index < -0.39 is 0 Å². The molecule has 1 aromatic carbocycles. The molecule has 0 spiro atoms. The number of rotatable bonds is 5. The van der Waals surface area contributed by atoms with Crippen molar-refractivity contribution < 1.29 is 9.13 Å². The van der Waals surface area contributed by atoms with Gasteiger partial charge in [0.15, 0.2) is 11.6 Å². The zero-order valence-corrected chi connectivity index (χ0v) is 10.9. The van der Waals surface area contributed by atoms with Gasteiger partial charge in [-0.05, 0) is 49.2 Å². The van der Waals surface area contributed by atoms with Gasteiger partial charge in [-0.2, -0.15) is 0 Å². The van der Waals surface area contributed by atoms with E-state index >= 15 is 0 Å². The van der Waals surface area contributed by atoms with E-state index in [4.69, 9.17) is 10.5 Å². The summed E-state index contributed by atoms with van der Waals surface area (Å²) in [5.74, 6) is -0.120. The molecule has 2 aromatic rings. The lowest BCUT2D eigenvalue weighted by Crippen LogP contribution is -2.04. The fraction of sp³-hybridized carbons (Fsp3) is 0.267. The highest BCUT2D eigenvalue weighted by atomic mass is 19.1. The molecule has 0 fully saturated rings. The first-order valence-corrected chi connectivity index (χ1v) is 6.22. The highest BCUT2D eigenvalue weighted by molar-refractivity contribution is 5.30. The van der Waals surface area contributed by atoms with Crippen LogP contribution in [0, 0.1) is 12.7 Å². The SMILES string of the molecule is Cc1cccnc1COc1ccc(CCN)cc1F. The van der Waals surface area contributed by atoms with Crippen molar-refractivity contribution in [3.05, 3.63) is 59.2 Å². The molecule has 3 nitrogen and oxygen atoms in total. The van der Waals surface area contributed by atoms with Gasteiger partial charge in [0.25, 0.3) is 0 Å². The molecule has 0 amide bonds. The van der Waals surface area contributed by atoms with Gasteiger partial charge < -0.3 is 10.5 Å². The number of aryl methyl sites for hydroxylation is 1. The standard InChI is InChI=1S/C15H17FN2O/c1-11-3-2-8-18-14(11)10-19-15-5-4-12(6-7-17)9-13(15)16/h2-5,8-9H,6-7,10,17H2,1H3. The minimum Gasteiger partial charge on any atom is -0.484 e. The van der Waals surface area contributed by atoms with Gasteiger partial charge >= 0.3 is 0 Å². The molecular weight excluding hydrogens is 243 g/mol. The van der Waals surface area contributed by atoms with E-state index in [-0.39, 0.29) is 18.2 Å². The van der Waals surface area contributed by atoms with Gasteiger partial charge in [-0.3, -0.25) is 4.98 Å². The maximum Gasteiger partial charge on any atom is 0.165 e. The first kappa shape index (κ1) is 13.5. The Bertz CT molecular complexity index is 558. The number of hydrogen-bond acceptors (Lipinski definition) is 3. The highest BCUT2D eigenvalue weighted by Gasteiger charge is 2.06. The maximum absolute atomic E-state index is 13.8. The normalized spacial score (nSPS) is 10.5. The van der Waals surface area contributed by atoms with Crippen LogP contribution in [0.3, 0.4) is 0 Å². The average molecular weight is 260 g/mol. The van der Waals surface area contributed by atoms with Crippen LogP contribution in [0.4, 0.5) is 4.39 Å². The van der Waals surface area contributed by atoms with Crippen LogP contribution in [-0.4, -0.2) is 11.5 Å². The molecule has 0 saturated heterocycles. The van der Waals surface area contributed by atoms with Crippen LogP contribution >= 0.6 is 0 Å². The predicted molar refractivity (Wildman–Crippen MR) is 72.5 cm³/mol. The minimum absolute atomic E-state index is 0.242. The fourth-order valence-electron chi connectivity index (χ4n) is 1.80. The molecule has 0 saturated carbocycles. The molecule has 1 aromatic heterocycles. The Hall–Kier alpha value is -1.94. The second-order valence-corrected chi connectivity index (χ2v) is 4.36. The topological polar surface area (TPSA) is 48.1 Å². The lowest BCUT2D eigenvalue weighted by Gasteiger charge is -2.09. The van der Waals surface area contributed by atoms with Crippen molar-refractivity contribution in [2.45, 2.75) is 20.0 Å². The monoisotopic (exact) mass is 260 g/mol. The molecule has 0 aliphatic rings. The van der Waals surface area contributed by atoms with Gasteiger partial charge in [0, 0.05) is 6.20 Å². The molecule has 2 N–H and O–H groups in total. The molecular formula is C15H17FN2O. The fourth-order valence-corrected chi connectivity index (χ4v) is 1.80. The highest BCUT2D eigenvalue weighted by Crippen LogP contribution is 2.20. The molecule has 0 aliphatic heterocycles. The van der Waals surface area contributed by atoms with Crippen LogP contribution in [0.25, 0.3) is 0 Å². The Morgan fingerprint density at radius 1 is 1.32 bits per heavy atom. The summed E-state index contributed by atoms with van der Waals surface area (Å²) in [6.45, 7) is 2.72. The summed E-state index contributed by atoms with van der Waals surface area (Å²) in [7, 11) is 0. The van der Waals surface area contributed by atoms with Crippen molar-refractivity contribution in [3.8, 4) is 5.75 Å².